The highest BCUT2D eigenvalue weighted by molar-refractivity contribution is 5.40. The van der Waals surface area contributed by atoms with E-state index in [1.165, 1.54) is 12.3 Å². The van der Waals surface area contributed by atoms with Crippen LogP contribution in [0.5, 0.6) is 0 Å². The number of aryl methyl sites for hydroxylation is 2. The first-order valence-corrected chi connectivity index (χ1v) is 7.42. The van der Waals surface area contributed by atoms with Gasteiger partial charge in [-0.3, -0.25) is 0 Å². The molecule has 8 heteroatoms. The molecule has 2 aromatic rings. The number of hydrogen-bond acceptors (Lipinski definition) is 5. The lowest BCUT2D eigenvalue weighted by atomic mass is 10.2. The molecule has 1 aliphatic heterocycles. The van der Waals surface area contributed by atoms with Crippen LogP contribution < -0.4 is 4.90 Å². The summed E-state index contributed by atoms with van der Waals surface area (Å²) in [5.41, 5.74) is 2.33. The van der Waals surface area contributed by atoms with Crippen LogP contribution in [-0.4, -0.2) is 26.1 Å². The molecule has 0 saturated heterocycles. The first-order valence-electron chi connectivity index (χ1n) is 7.42. The van der Waals surface area contributed by atoms with Crippen LogP contribution in [0.15, 0.2) is 18.5 Å². The van der Waals surface area contributed by atoms with Gasteiger partial charge < -0.3 is 4.90 Å². The van der Waals surface area contributed by atoms with Gasteiger partial charge in [-0.05, 0) is 12.5 Å². The number of anilines is 1. The average molecular weight is 323 g/mol. The van der Waals surface area contributed by atoms with E-state index in [1.807, 2.05) is 11.8 Å². The lowest BCUT2D eigenvalue weighted by molar-refractivity contribution is -0.134. The Morgan fingerprint density at radius 1 is 1.17 bits per heavy atom. The van der Waals surface area contributed by atoms with Gasteiger partial charge in [0.05, 0.1) is 12.2 Å². The maximum Gasteiger partial charge on any atom is 0.389 e. The van der Waals surface area contributed by atoms with Gasteiger partial charge >= 0.3 is 6.18 Å². The summed E-state index contributed by atoms with van der Waals surface area (Å²) in [5.74, 6) is 1.21. The van der Waals surface area contributed by atoms with Gasteiger partial charge in [0.25, 0.3) is 0 Å². The van der Waals surface area contributed by atoms with Crippen molar-refractivity contribution in [1.82, 2.24) is 19.9 Å². The Morgan fingerprint density at radius 3 is 2.74 bits per heavy atom. The van der Waals surface area contributed by atoms with Crippen LogP contribution in [0.2, 0.25) is 0 Å². The molecule has 0 saturated carbocycles. The molecule has 0 aromatic carbocycles. The van der Waals surface area contributed by atoms with Crippen molar-refractivity contribution in [3.8, 4) is 0 Å². The second-order valence-corrected chi connectivity index (χ2v) is 5.43. The van der Waals surface area contributed by atoms with Crippen molar-refractivity contribution in [2.75, 3.05) is 4.90 Å². The molecule has 0 fully saturated rings. The SMILES string of the molecule is CCc1ncc2c(n1)CN(c1nccc(CCC(F)(F)F)n1)C2. The summed E-state index contributed by atoms with van der Waals surface area (Å²) in [6, 6.07) is 1.52. The second kappa shape index (κ2) is 6.10. The Hall–Kier alpha value is -2.25. The van der Waals surface area contributed by atoms with Crippen molar-refractivity contribution in [2.24, 2.45) is 0 Å². The Balaban J connectivity index is 1.73. The van der Waals surface area contributed by atoms with E-state index in [4.69, 9.17) is 0 Å². The Bertz CT molecular complexity index is 702. The molecule has 3 rings (SSSR count). The fourth-order valence-corrected chi connectivity index (χ4v) is 2.45. The molecule has 5 nitrogen and oxygen atoms in total. The number of rotatable bonds is 4. The molecular weight excluding hydrogens is 307 g/mol. The van der Waals surface area contributed by atoms with Gasteiger partial charge in [0, 0.05) is 43.0 Å². The summed E-state index contributed by atoms with van der Waals surface area (Å²) in [5, 5.41) is 0. The fraction of sp³-hybridized carbons (Fsp3) is 0.467. The summed E-state index contributed by atoms with van der Waals surface area (Å²) in [6.07, 6.45) is -1.14. The predicted molar refractivity (Wildman–Crippen MR) is 77.7 cm³/mol. The first kappa shape index (κ1) is 15.6. The highest BCUT2D eigenvalue weighted by Gasteiger charge is 2.27. The third-order valence-electron chi connectivity index (χ3n) is 3.67. The third kappa shape index (κ3) is 3.75. The number of fused-ring (bicyclic) bond motifs is 1. The summed E-state index contributed by atoms with van der Waals surface area (Å²) < 4.78 is 37.0. The Kier molecular flexibility index (Phi) is 4.14. The molecule has 0 radical (unpaired) electrons. The first-order chi connectivity index (χ1) is 10.9. The molecule has 0 atom stereocenters. The van der Waals surface area contributed by atoms with Crippen LogP contribution in [0.4, 0.5) is 19.1 Å². The number of hydrogen-bond donors (Lipinski definition) is 0. The van der Waals surface area contributed by atoms with Gasteiger partial charge in [0.1, 0.15) is 5.82 Å². The van der Waals surface area contributed by atoms with E-state index in [1.54, 1.807) is 6.20 Å². The monoisotopic (exact) mass is 323 g/mol. The van der Waals surface area contributed by atoms with Crippen LogP contribution in [0, 0.1) is 0 Å². The summed E-state index contributed by atoms with van der Waals surface area (Å²) in [4.78, 5) is 19.1. The topological polar surface area (TPSA) is 54.8 Å². The normalized spacial score (nSPS) is 14.2. The molecular formula is C15H16F3N5. The molecule has 3 heterocycles. The molecule has 23 heavy (non-hydrogen) atoms. The van der Waals surface area contributed by atoms with E-state index in [2.05, 4.69) is 19.9 Å². The minimum absolute atomic E-state index is 0.139. The molecule has 1 aliphatic rings. The fourth-order valence-electron chi connectivity index (χ4n) is 2.45. The molecule has 0 N–H and O–H groups in total. The maximum absolute atomic E-state index is 12.3. The van der Waals surface area contributed by atoms with Gasteiger partial charge in [-0.1, -0.05) is 6.92 Å². The van der Waals surface area contributed by atoms with Crippen molar-refractivity contribution < 1.29 is 13.2 Å². The number of alkyl halides is 3. The van der Waals surface area contributed by atoms with Gasteiger partial charge in [0.15, 0.2) is 0 Å². The van der Waals surface area contributed by atoms with E-state index in [0.29, 0.717) is 24.7 Å². The number of halogens is 3. The molecule has 0 amide bonds. The highest BCUT2D eigenvalue weighted by Crippen LogP contribution is 2.25. The van der Waals surface area contributed by atoms with Crippen molar-refractivity contribution >= 4 is 5.95 Å². The molecule has 0 unspecified atom stereocenters. The summed E-state index contributed by atoms with van der Waals surface area (Å²) in [7, 11) is 0. The third-order valence-corrected chi connectivity index (χ3v) is 3.67. The molecule has 0 spiro atoms. The van der Waals surface area contributed by atoms with Gasteiger partial charge in [-0.15, -0.1) is 0 Å². The average Bonchev–Trinajstić information content (AvgIpc) is 2.95. The van der Waals surface area contributed by atoms with Crippen LogP contribution in [0.3, 0.4) is 0 Å². The molecule has 122 valence electrons. The predicted octanol–water partition coefficient (Wildman–Crippen LogP) is 2.84. The summed E-state index contributed by atoms with van der Waals surface area (Å²) in [6.45, 7) is 3.11. The zero-order chi connectivity index (χ0) is 16.4. The van der Waals surface area contributed by atoms with Crippen molar-refractivity contribution in [3.63, 3.8) is 0 Å². The smallest absolute Gasteiger partial charge is 0.330 e. The van der Waals surface area contributed by atoms with Crippen molar-refractivity contribution in [2.45, 2.75) is 45.5 Å². The van der Waals surface area contributed by atoms with E-state index in [0.717, 1.165) is 23.5 Å². The quantitative estimate of drug-likeness (QED) is 0.866. The van der Waals surface area contributed by atoms with Crippen molar-refractivity contribution in [1.29, 1.82) is 0 Å². The molecule has 0 aliphatic carbocycles. The number of nitrogens with zero attached hydrogens (tertiary/aromatic N) is 5. The van der Waals surface area contributed by atoms with Crippen LogP contribution >= 0.6 is 0 Å². The molecule has 2 aromatic heterocycles. The van der Waals surface area contributed by atoms with Gasteiger partial charge in [0.2, 0.25) is 5.95 Å². The Morgan fingerprint density at radius 2 is 2.00 bits per heavy atom. The van der Waals surface area contributed by atoms with Gasteiger partial charge in [-0.2, -0.15) is 13.2 Å². The number of aromatic nitrogens is 4. The van der Waals surface area contributed by atoms with E-state index in [9.17, 15) is 13.2 Å². The Labute approximate surface area is 131 Å². The maximum atomic E-state index is 12.3. The zero-order valence-electron chi connectivity index (χ0n) is 12.6. The minimum atomic E-state index is -4.18. The second-order valence-electron chi connectivity index (χ2n) is 5.43. The summed E-state index contributed by atoms with van der Waals surface area (Å²) >= 11 is 0. The van der Waals surface area contributed by atoms with Gasteiger partial charge in [-0.25, -0.2) is 19.9 Å². The lowest BCUT2D eigenvalue weighted by Crippen LogP contribution is -2.18. The van der Waals surface area contributed by atoms with Crippen LogP contribution in [0.1, 0.15) is 36.1 Å². The zero-order valence-corrected chi connectivity index (χ0v) is 12.6. The molecule has 0 bridgehead atoms. The van der Waals surface area contributed by atoms with E-state index in [-0.39, 0.29) is 6.42 Å². The lowest BCUT2D eigenvalue weighted by Gasteiger charge is -2.15. The minimum Gasteiger partial charge on any atom is -0.330 e. The largest absolute Gasteiger partial charge is 0.389 e. The van der Waals surface area contributed by atoms with Crippen LogP contribution in [-0.2, 0) is 25.9 Å². The van der Waals surface area contributed by atoms with Crippen molar-refractivity contribution in [3.05, 3.63) is 41.2 Å². The van der Waals surface area contributed by atoms with E-state index >= 15 is 0 Å². The standard InChI is InChI=1S/C15H16F3N5/c1-2-13-20-7-10-8-23(9-12(10)22-13)14-19-6-4-11(21-14)3-5-15(16,17)18/h4,6-7H,2-3,5,8-9H2,1H3. The highest BCUT2D eigenvalue weighted by atomic mass is 19.4. The van der Waals surface area contributed by atoms with E-state index < -0.39 is 12.6 Å². The van der Waals surface area contributed by atoms with Crippen LogP contribution in [0.25, 0.3) is 0 Å².